The van der Waals surface area contributed by atoms with Gasteiger partial charge in [0.15, 0.2) is 11.5 Å². The van der Waals surface area contributed by atoms with E-state index in [0.717, 1.165) is 12.3 Å². The number of para-hydroxylation sites is 1. The zero-order valence-corrected chi connectivity index (χ0v) is 23.9. The first kappa shape index (κ1) is 27.7. The monoisotopic (exact) mass is 567 g/mol. The normalized spacial score (nSPS) is 18.0. The number of rotatable bonds is 8. The number of benzene rings is 2. The summed E-state index contributed by atoms with van der Waals surface area (Å²) in [7, 11) is 2.14. The molecule has 10 nitrogen and oxygen atoms in total. The fraction of sp³-hybridized carbons (Fsp3) is 0.375. The Balaban J connectivity index is 1.20. The van der Waals surface area contributed by atoms with Crippen LogP contribution in [0.2, 0.25) is 0 Å². The molecule has 1 aliphatic carbocycles. The van der Waals surface area contributed by atoms with E-state index in [1.807, 2.05) is 60.7 Å². The van der Waals surface area contributed by atoms with Crippen LogP contribution in [0.25, 0.3) is 16.9 Å². The molecule has 2 aliphatic rings. The van der Waals surface area contributed by atoms with E-state index in [1.165, 1.54) is 38.4 Å². The van der Waals surface area contributed by atoms with Gasteiger partial charge in [-0.1, -0.05) is 43.5 Å². The molecule has 4 aromatic rings. The lowest BCUT2D eigenvalue weighted by Crippen LogP contribution is -2.34. The first-order chi connectivity index (χ1) is 20.5. The third kappa shape index (κ3) is 5.67. The Morgan fingerprint density at radius 2 is 1.76 bits per heavy atom. The molecular formula is C32H37N7O3. The predicted octanol–water partition coefficient (Wildman–Crippen LogP) is 4.55. The number of hydrogen-bond donors (Lipinski definition) is 1. The maximum atomic E-state index is 13.9. The number of aromatic nitrogens is 4. The van der Waals surface area contributed by atoms with Gasteiger partial charge in [-0.15, -0.1) is 0 Å². The molecule has 0 spiro atoms. The summed E-state index contributed by atoms with van der Waals surface area (Å²) in [5.74, 6) is 1.56. The first-order valence-electron chi connectivity index (χ1n) is 14.7. The topological polar surface area (TPSA) is 112 Å². The Bertz CT molecular complexity index is 1620. The number of fused-ring (bicyclic) bond motifs is 1. The number of nitrogens with zero attached hydrogens (tertiary/aromatic N) is 6. The second kappa shape index (κ2) is 12.2. The van der Waals surface area contributed by atoms with Crippen LogP contribution < -0.4 is 16.2 Å². The minimum atomic E-state index is -0.266. The van der Waals surface area contributed by atoms with Crippen LogP contribution in [0.5, 0.6) is 11.5 Å². The number of likely N-dealkylation sites (tertiary alicyclic amines) is 1. The molecule has 1 saturated carbocycles. The van der Waals surface area contributed by atoms with Crippen molar-refractivity contribution in [2.75, 3.05) is 32.4 Å². The smallest absolute Gasteiger partial charge is 0.335 e. The molecule has 2 aromatic carbocycles. The van der Waals surface area contributed by atoms with Gasteiger partial charge in [0.25, 0.3) is 0 Å². The van der Waals surface area contributed by atoms with Gasteiger partial charge in [0.2, 0.25) is 5.91 Å². The summed E-state index contributed by atoms with van der Waals surface area (Å²) in [5.41, 5.74) is 7.56. The van der Waals surface area contributed by atoms with E-state index in [4.69, 9.17) is 10.5 Å². The molecule has 0 radical (unpaired) electrons. The van der Waals surface area contributed by atoms with Gasteiger partial charge in [-0.05, 0) is 62.7 Å². The predicted molar refractivity (Wildman–Crippen MR) is 163 cm³/mol. The highest BCUT2D eigenvalue weighted by Crippen LogP contribution is 2.29. The van der Waals surface area contributed by atoms with E-state index in [0.29, 0.717) is 48.2 Å². The third-order valence-corrected chi connectivity index (χ3v) is 8.45. The number of likely N-dealkylation sites (N-methyl/N-ethyl adjacent to an activating group) is 1. The zero-order valence-electron chi connectivity index (χ0n) is 23.9. The first-order valence-corrected chi connectivity index (χ1v) is 14.7. The van der Waals surface area contributed by atoms with Crippen molar-refractivity contribution in [1.82, 2.24) is 28.9 Å². The average Bonchev–Trinajstić information content (AvgIpc) is 3.61. The fourth-order valence-electron chi connectivity index (χ4n) is 6.17. The number of nitrogens with two attached hydrogens (primary N) is 1. The van der Waals surface area contributed by atoms with Crippen LogP contribution >= 0.6 is 0 Å². The molecule has 42 heavy (non-hydrogen) atoms. The van der Waals surface area contributed by atoms with Gasteiger partial charge >= 0.3 is 5.69 Å². The summed E-state index contributed by atoms with van der Waals surface area (Å²) < 4.78 is 9.12. The quantitative estimate of drug-likeness (QED) is 0.311. The van der Waals surface area contributed by atoms with Crippen molar-refractivity contribution >= 4 is 22.9 Å². The Hall–Kier alpha value is -4.44. The number of nitrogen functional groups attached to an aromatic ring is 1. The van der Waals surface area contributed by atoms with Crippen molar-refractivity contribution in [3.63, 3.8) is 0 Å². The van der Waals surface area contributed by atoms with Crippen molar-refractivity contribution in [3.8, 4) is 17.2 Å². The number of carbonyl (C=O) groups is 1. The highest BCUT2D eigenvalue weighted by atomic mass is 16.5. The average molecular weight is 568 g/mol. The van der Waals surface area contributed by atoms with E-state index in [2.05, 4.69) is 21.9 Å². The Morgan fingerprint density at radius 3 is 2.52 bits per heavy atom. The molecule has 2 N–H and O–H groups in total. The minimum Gasteiger partial charge on any atom is -0.457 e. The zero-order chi connectivity index (χ0) is 29.1. The highest BCUT2D eigenvalue weighted by molar-refractivity contribution is 5.88. The van der Waals surface area contributed by atoms with Gasteiger partial charge in [0, 0.05) is 31.8 Å². The van der Waals surface area contributed by atoms with Crippen molar-refractivity contribution < 1.29 is 9.53 Å². The molecule has 3 heterocycles. The molecule has 1 saturated heterocycles. The van der Waals surface area contributed by atoms with Crippen molar-refractivity contribution in [2.24, 2.45) is 0 Å². The lowest BCUT2D eigenvalue weighted by molar-refractivity contribution is -0.125. The molecule has 1 unspecified atom stereocenters. The van der Waals surface area contributed by atoms with Crippen LogP contribution in [0.15, 0.2) is 77.9 Å². The number of amides is 1. The van der Waals surface area contributed by atoms with Crippen LogP contribution in [0.4, 0.5) is 5.82 Å². The molecule has 1 atom stereocenters. The summed E-state index contributed by atoms with van der Waals surface area (Å²) in [6.07, 6.45) is 12.0. The lowest BCUT2D eigenvalue weighted by Gasteiger charge is -2.30. The number of hydrogen-bond acceptors (Lipinski definition) is 7. The van der Waals surface area contributed by atoms with Gasteiger partial charge in [-0.2, -0.15) is 0 Å². The standard InChI is InChI=1S/C32H37N7O3/c1-36(23-9-4-2-5-10-23)19-8-13-28(40)37-20-18-25(21-37)39-31-29(30(33)34-22-35-31)38(32(39)41)24-14-16-27(17-15-24)42-26-11-6-3-7-12-26/h3,6-8,11-17,22-23,25H,2,4-5,9-10,18-21H2,1H3,(H2,33,34,35)/b13-8+. The number of anilines is 1. The third-order valence-electron chi connectivity index (χ3n) is 8.45. The number of ether oxygens (including phenoxy) is 1. The summed E-state index contributed by atoms with van der Waals surface area (Å²) in [4.78, 5) is 39.7. The summed E-state index contributed by atoms with van der Waals surface area (Å²) in [6.45, 7) is 1.75. The molecule has 0 bridgehead atoms. The van der Waals surface area contributed by atoms with Gasteiger partial charge in [0.1, 0.15) is 23.3 Å². The second-order valence-electron chi connectivity index (χ2n) is 11.2. The van der Waals surface area contributed by atoms with Crippen LogP contribution in [-0.4, -0.2) is 67.5 Å². The van der Waals surface area contributed by atoms with Gasteiger partial charge in [-0.3, -0.25) is 18.8 Å². The summed E-state index contributed by atoms with van der Waals surface area (Å²) in [6, 6.07) is 17.1. The summed E-state index contributed by atoms with van der Waals surface area (Å²) >= 11 is 0. The van der Waals surface area contributed by atoms with Crippen molar-refractivity contribution in [3.05, 3.63) is 83.6 Å². The van der Waals surface area contributed by atoms with Gasteiger partial charge < -0.3 is 15.4 Å². The molecule has 6 rings (SSSR count). The lowest BCUT2D eigenvalue weighted by atomic mass is 9.94. The maximum Gasteiger partial charge on any atom is 0.335 e. The van der Waals surface area contributed by atoms with E-state index in [9.17, 15) is 9.59 Å². The van der Waals surface area contributed by atoms with Gasteiger partial charge in [0.05, 0.1) is 11.7 Å². The van der Waals surface area contributed by atoms with E-state index >= 15 is 0 Å². The Morgan fingerprint density at radius 1 is 1.02 bits per heavy atom. The molecular weight excluding hydrogens is 530 g/mol. The summed E-state index contributed by atoms with van der Waals surface area (Å²) in [5, 5.41) is 0. The number of carbonyl (C=O) groups excluding carboxylic acids is 1. The van der Waals surface area contributed by atoms with Gasteiger partial charge in [-0.25, -0.2) is 14.8 Å². The second-order valence-corrected chi connectivity index (χ2v) is 11.2. The van der Waals surface area contributed by atoms with Crippen LogP contribution in [-0.2, 0) is 4.79 Å². The van der Waals surface area contributed by atoms with E-state index in [1.54, 1.807) is 20.1 Å². The molecule has 218 valence electrons. The van der Waals surface area contributed by atoms with Crippen molar-refractivity contribution in [1.29, 1.82) is 0 Å². The Kier molecular flexibility index (Phi) is 8.05. The largest absolute Gasteiger partial charge is 0.457 e. The fourth-order valence-corrected chi connectivity index (χ4v) is 6.17. The number of imidazole rings is 1. The Labute approximate surface area is 245 Å². The van der Waals surface area contributed by atoms with E-state index < -0.39 is 0 Å². The van der Waals surface area contributed by atoms with Crippen molar-refractivity contribution in [2.45, 2.75) is 50.6 Å². The van der Waals surface area contributed by atoms with Crippen LogP contribution in [0, 0.1) is 0 Å². The molecule has 2 aromatic heterocycles. The maximum absolute atomic E-state index is 13.9. The minimum absolute atomic E-state index is 0.0329. The van der Waals surface area contributed by atoms with Crippen LogP contribution in [0.1, 0.15) is 44.6 Å². The highest BCUT2D eigenvalue weighted by Gasteiger charge is 2.31. The van der Waals surface area contributed by atoms with E-state index in [-0.39, 0.29) is 23.5 Å². The SMILES string of the molecule is CN(C/C=C/C(=O)N1CCC(n2c(=O)n(-c3ccc(Oc4ccccc4)cc3)c3c(N)ncnc32)C1)C1CCCCC1. The molecule has 1 amide bonds. The molecule has 2 fully saturated rings. The molecule has 10 heteroatoms. The van der Waals surface area contributed by atoms with Crippen LogP contribution in [0.3, 0.4) is 0 Å². The molecule has 1 aliphatic heterocycles.